The van der Waals surface area contributed by atoms with Crippen LogP contribution in [0.15, 0.2) is 53.1 Å². The van der Waals surface area contributed by atoms with E-state index in [0.29, 0.717) is 11.3 Å². The van der Waals surface area contributed by atoms with Crippen molar-refractivity contribution < 1.29 is 14.5 Å². The molecule has 0 radical (unpaired) electrons. The summed E-state index contributed by atoms with van der Waals surface area (Å²) >= 11 is 0. The molecule has 1 atom stereocenters. The fourth-order valence-corrected chi connectivity index (χ4v) is 3.08. The lowest BCUT2D eigenvalue weighted by molar-refractivity contribution is -0.661. The Morgan fingerprint density at radius 1 is 1.21 bits per heavy atom. The van der Waals surface area contributed by atoms with Crippen LogP contribution in [0.5, 0.6) is 0 Å². The molecule has 0 amide bonds. The summed E-state index contributed by atoms with van der Waals surface area (Å²) in [5, 5.41) is 2.00. The van der Waals surface area contributed by atoms with Gasteiger partial charge in [-0.3, -0.25) is 0 Å². The van der Waals surface area contributed by atoms with E-state index in [1.807, 2.05) is 48.9 Å². The van der Waals surface area contributed by atoms with Crippen LogP contribution in [-0.4, -0.2) is 4.98 Å². The van der Waals surface area contributed by atoms with Gasteiger partial charge in [0.15, 0.2) is 6.20 Å². The molecule has 0 aliphatic heterocycles. The molecule has 4 aromatic rings. The van der Waals surface area contributed by atoms with Crippen LogP contribution < -0.4 is 4.57 Å². The zero-order valence-electron chi connectivity index (χ0n) is 17.9. The highest BCUT2D eigenvalue weighted by Crippen LogP contribution is 2.31. The van der Waals surface area contributed by atoms with Gasteiger partial charge in [0.05, 0.1) is 0 Å². The number of pyridine rings is 2. The highest BCUT2D eigenvalue weighted by atomic mass is 16.3. The van der Waals surface area contributed by atoms with Crippen LogP contribution in [0.1, 0.15) is 36.3 Å². The molecule has 1 aromatic carbocycles. The first-order valence-corrected chi connectivity index (χ1v) is 7.89. The second-order valence-electron chi connectivity index (χ2n) is 6.14. The summed E-state index contributed by atoms with van der Waals surface area (Å²) in [6.07, 6.45) is 1.69. The summed E-state index contributed by atoms with van der Waals surface area (Å²) in [7, 11) is 1.83. The van der Waals surface area contributed by atoms with Gasteiger partial charge in [-0.15, -0.1) is 0 Å². The standard InChI is InChI=1S/C21H21N2O/c1-13(2)15-9-10-18(23(4)12-15)20-14(3)11-17-16-7-5-6-8-19(16)24-21(17)22-20/h5-13H,1-4H3/q+1/i1D3,13D. The van der Waals surface area contributed by atoms with E-state index in [4.69, 9.17) is 14.9 Å². The molecule has 3 aromatic heterocycles. The van der Waals surface area contributed by atoms with Gasteiger partial charge in [-0.25, -0.2) is 4.98 Å². The summed E-state index contributed by atoms with van der Waals surface area (Å²) in [6, 6.07) is 13.4. The largest absolute Gasteiger partial charge is 0.438 e. The number of hydrogen-bond donors (Lipinski definition) is 0. The zero-order valence-corrected chi connectivity index (χ0v) is 13.9. The van der Waals surface area contributed by atoms with E-state index in [-0.39, 0.29) is 0 Å². The molecule has 0 aliphatic carbocycles. The van der Waals surface area contributed by atoms with Crippen LogP contribution >= 0.6 is 0 Å². The molecule has 0 bridgehead atoms. The molecular weight excluding hydrogens is 296 g/mol. The van der Waals surface area contributed by atoms with E-state index in [2.05, 4.69) is 6.07 Å². The van der Waals surface area contributed by atoms with Crippen molar-refractivity contribution in [3.8, 4) is 11.4 Å². The molecule has 3 nitrogen and oxygen atoms in total. The minimum absolute atomic E-state index is 0.432. The number of para-hydroxylation sites is 1. The first-order chi connectivity index (χ1) is 13.1. The van der Waals surface area contributed by atoms with E-state index in [1.165, 1.54) is 6.92 Å². The van der Waals surface area contributed by atoms with Crippen molar-refractivity contribution >= 4 is 22.1 Å². The number of aryl methyl sites for hydroxylation is 2. The van der Waals surface area contributed by atoms with Gasteiger partial charge in [0, 0.05) is 27.9 Å². The van der Waals surface area contributed by atoms with Crippen molar-refractivity contribution in [2.75, 3.05) is 0 Å². The fraction of sp³-hybridized carbons (Fsp3) is 0.238. The fourth-order valence-electron chi connectivity index (χ4n) is 3.08. The van der Waals surface area contributed by atoms with Gasteiger partial charge in [-0.1, -0.05) is 32.0 Å². The first-order valence-electron chi connectivity index (χ1n) is 9.89. The summed E-state index contributed by atoms with van der Waals surface area (Å²) in [4.78, 5) is 4.74. The third-order valence-electron chi connectivity index (χ3n) is 4.37. The number of hydrogen-bond acceptors (Lipinski definition) is 2. The van der Waals surface area contributed by atoms with E-state index in [1.54, 1.807) is 12.3 Å². The Balaban J connectivity index is 1.86. The van der Waals surface area contributed by atoms with Crippen molar-refractivity contribution in [3.63, 3.8) is 0 Å². The molecule has 0 N–H and O–H groups in total. The van der Waals surface area contributed by atoms with Crippen LogP contribution in [0.2, 0.25) is 0 Å². The lowest BCUT2D eigenvalue weighted by Gasteiger charge is -2.07. The Morgan fingerprint density at radius 2 is 2.04 bits per heavy atom. The molecule has 0 saturated carbocycles. The SMILES string of the molecule is [2H]C([2H])([2H])C([2H])(C)c1ccc(-c2nc3oc4ccccc4c3cc2C)[n+](C)c1. The van der Waals surface area contributed by atoms with Crippen LogP contribution in [-0.2, 0) is 7.05 Å². The van der Waals surface area contributed by atoms with Crippen LogP contribution in [0, 0.1) is 6.92 Å². The van der Waals surface area contributed by atoms with Gasteiger partial charge in [-0.05, 0) is 36.6 Å². The lowest BCUT2D eigenvalue weighted by atomic mass is 10.0. The second-order valence-corrected chi connectivity index (χ2v) is 6.14. The minimum Gasteiger partial charge on any atom is -0.438 e. The normalized spacial score (nSPS) is 17.1. The molecule has 4 rings (SSSR count). The molecule has 0 saturated heterocycles. The van der Waals surface area contributed by atoms with E-state index in [0.717, 1.165) is 33.3 Å². The average Bonchev–Trinajstić information content (AvgIpc) is 2.98. The van der Waals surface area contributed by atoms with Crippen LogP contribution in [0.3, 0.4) is 0 Å². The number of nitrogens with zero attached hydrogens (tertiary/aromatic N) is 2. The van der Waals surface area contributed by atoms with Gasteiger partial charge >= 0.3 is 0 Å². The Hall–Kier alpha value is -2.68. The molecular formula is C21H21N2O+. The molecule has 3 heteroatoms. The topological polar surface area (TPSA) is 29.9 Å². The molecule has 0 spiro atoms. The smallest absolute Gasteiger partial charge is 0.231 e. The Labute approximate surface area is 147 Å². The Kier molecular flexibility index (Phi) is 2.49. The average molecular weight is 321 g/mol. The molecule has 0 aliphatic rings. The van der Waals surface area contributed by atoms with Gasteiger partial charge < -0.3 is 4.42 Å². The number of fused-ring (bicyclic) bond motifs is 3. The monoisotopic (exact) mass is 321 g/mol. The highest BCUT2D eigenvalue weighted by Gasteiger charge is 2.18. The number of aromatic nitrogens is 2. The Bertz CT molecular complexity index is 1210. The maximum absolute atomic E-state index is 8.30. The van der Waals surface area contributed by atoms with Crippen molar-refractivity contribution in [2.24, 2.45) is 7.05 Å². The Morgan fingerprint density at radius 3 is 2.83 bits per heavy atom. The van der Waals surface area contributed by atoms with Crippen molar-refractivity contribution in [1.29, 1.82) is 0 Å². The maximum Gasteiger partial charge on any atom is 0.231 e. The molecule has 0 fully saturated rings. The van der Waals surface area contributed by atoms with E-state index >= 15 is 0 Å². The van der Waals surface area contributed by atoms with Gasteiger partial charge in [0.2, 0.25) is 11.4 Å². The number of benzene rings is 1. The highest BCUT2D eigenvalue weighted by molar-refractivity contribution is 6.04. The third-order valence-corrected chi connectivity index (χ3v) is 4.37. The predicted octanol–water partition coefficient (Wildman–Crippen LogP) is 4.90. The van der Waals surface area contributed by atoms with Crippen molar-refractivity contribution in [1.82, 2.24) is 4.98 Å². The zero-order chi connectivity index (χ0) is 20.3. The van der Waals surface area contributed by atoms with Crippen LogP contribution in [0.25, 0.3) is 33.5 Å². The summed E-state index contributed by atoms with van der Waals surface area (Å²) in [6.45, 7) is 0.996. The lowest BCUT2D eigenvalue weighted by Crippen LogP contribution is -2.31. The van der Waals surface area contributed by atoms with Crippen molar-refractivity contribution in [3.05, 3.63) is 59.8 Å². The first kappa shape index (κ1) is 11.0. The minimum atomic E-state index is -2.41. The maximum atomic E-state index is 8.30. The molecule has 3 heterocycles. The van der Waals surface area contributed by atoms with E-state index in [9.17, 15) is 0 Å². The third kappa shape index (κ3) is 2.28. The summed E-state index contributed by atoms with van der Waals surface area (Å²) < 4.78 is 39.0. The van der Waals surface area contributed by atoms with Gasteiger partial charge in [-0.2, -0.15) is 4.57 Å². The number of rotatable bonds is 2. The second kappa shape index (κ2) is 5.45. The molecule has 120 valence electrons. The van der Waals surface area contributed by atoms with Gasteiger partial charge in [0.25, 0.3) is 0 Å². The quantitative estimate of drug-likeness (QED) is 0.491. The van der Waals surface area contributed by atoms with Gasteiger partial charge in [0.1, 0.15) is 18.3 Å². The van der Waals surface area contributed by atoms with Crippen LogP contribution in [0.4, 0.5) is 0 Å². The number of furan rings is 1. The predicted molar refractivity (Wildman–Crippen MR) is 97.0 cm³/mol. The van der Waals surface area contributed by atoms with Crippen molar-refractivity contribution in [2.45, 2.75) is 26.6 Å². The molecule has 24 heavy (non-hydrogen) atoms. The summed E-state index contributed by atoms with van der Waals surface area (Å²) in [5.74, 6) is -1.69. The summed E-state index contributed by atoms with van der Waals surface area (Å²) in [5.41, 5.74) is 4.38. The molecule has 1 unspecified atom stereocenters. The van der Waals surface area contributed by atoms with E-state index < -0.39 is 12.7 Å².